The molecule has 0 unspecified atom stereocenters. The molecule has 7 heteroatoms. The summed E-state index contributed by atoms with van der Waals surface area (Å²) in [6.45, 7) is 1.22. The maximum absolute atomic E-state index is 13.4. The molecule has 5 N–H and O–H groups in total. The van der Waals surface area contributed by atoms with Gasteiger partial charge in [0.25, 0.3) is 0 Å². The second kappa shape index (κ2) is 8.35. The number of halogens is 1. The minimum atomic E-state index is -0.441. The minimum absolute atomic E-state index is 0.240. The molecule has 0 aliphatic carbocycles. The lowest BCUT2D eigenvalue weighted by Gasteiger charge is -2.12. The molecular formula is C20H22FN5O. The molecule has 0 aliphatic rings. The molecule has 3 rings (SSSR count). The van der Waals surface area contributed by atoms with Gasteiger partial charge in [0.05, 0.1) is 0 Å². The average Bonchev–Trinajstić information content (AvgIpc) is 3.07. The molecule has 0 radical (unpaired) electrons. The van der Waals surface area contributed by atoms with Crippen molar-refractivity contribution in [2.75, 3.05) is 13.6 Å². The number of H-pyrrole nitrogens is 1. The fourth-order valence-electron chi connectivity index (χ4n) is 2.87. The first kappa shape index (κ1) is 18.4. The summed E-state index contributed by atoms with van der Waals surface area (Å²) < 4.78 is 13.4. The number of nitrogens with one attached hydrogen (secondary N) is 3. The number of primary amides is 1. The van der Waals surface area contributed by atoms with Crippen LogP contribution in [0.25, 0.3) is 10.9 Å². The van der Waals surface area contributed by atoms with E-state index in [-0.39, 0.29) is 5.82 Å². The monoisotopic (exact) mass is 367 g/mol. The van der Waals surface area contributed by atoms with E-state index >= 15 is 0 Å². The molecule has 0 saturated heterocycles. The summed E-state index contributed by atoms with van der Waals surface area (Å²) >= 11 is 0. The highest BCUT2D eigenvalue weighted by Gasteiger charge is 2.06. The van der Waals surface area contributed by atoms with Crippen LogP contribution in [-0.4, -0.2) is 30.4 Å². The lowest BCUT2D eigenvalue weighted by molar-refractivity contribution is 0.100. The normalized spacial score (nSPS) is 11.6. The van der Waals surface area contributed by atoms with Gasteiger partial charge in [0, 0.05) is 42.8 Å². The summed E-state index contributed by atoms with van der Waals surface area (Å²) in [6.07, 6.45) is 2.64. The fraction of sp³-hybridized carbons (Fsp3) is 0.200. The van der Waals surface area contributed by atoms with Crippen LogP contribution < -0.4 is 16.4 Å². The smallest absolute Gasteiger partial charge is 0.248 e. The van der Waals surface area contributed by atoms with Crippen LogP contribution in [-0.2, 0) is 13.0 Å². The van der Waals surface area contributed by atoms with Crippen molar-refractivity contribution in [3.05, 3.63) is 71.2 Å². The molecule has 2 aromatic carbocycles. The number of hydrogen-bond acceptors (Lipinski definition) is 2. The van der Waals surface area contributed by atoms with Crippen LogP contribution in [0.15, 0.2) is 53.7 Å². The number of aromatic nitrogens is 1. The van der Waals surface area contributed by atoms with Crippen molar-refractivity contribution in [1.29, 1.82) is 0 Å². The van der Waals surface area contributed by atoms with Crippen LogP contribution in [0, 0.1) is 5.82 Å². The van der Waals surface area contributed by atoms with Gasteiger partial charge < -0.3 is 21.4 Å². The molecule has 1 heterocycles. The average molecular weight is 367 g/mol. The number of rotatable bonds is 6. The SMILES string of the molecule is CN=C(NCCc1c[nH]c2ccc(F)cc12)NCc1ccc(C(N)=O)cc1. The first-order chi connectivity index (χ1) is 13.1. The fourth-order valence-corrected chi connectivity index (χ4v) is 2.87. The van der Waals surface area contributed by atoms with Gasteiger partial charge in [-0.3, -0.25) is 9.79 Å². The van der Waals surface area contributed by atoms with Crippen LogP contribution in [0.4, 0.5) is 4.39 Å². The molecule has 6 nitrogen and oxygen atoms in total. The second-order valence-electron chi connectivity index (χ2n) is 6.17. The zero-order chi connectivity index (χ0) is 19.2. The van der Waals surface area contributed by atoms with E-state index in [2.05, 4.69) is 20.6 Å². The summed E-state index contributed by atoms with van der Waals surface area (Å²) in [5.41, 5.74) is 8.71. The largest absolute Gasteiger partial charge is 0.366 e. The van der Waals surface area contributed by atoms with Gasteiger partial charge in [-0.05, 0) is 47.9 Å². The van der Waals surface area contributed by atoms with Gasteiger partial charge in [-0.2, -0.15) is 0 Å². The zero-order valence-electron chi connectivity index (χ0n) is 15.1. The summed E-state index contributed by atoms with van der Waals surface area (Å²) in [4.78, 5) is 18.4. The third kappa shape index (κ3) is 4.63. The van der Waals surface area contributed by atoms with Gasteiger partial charge in [0.2, 0.25) is 5.91 Å². The molecule has 0 atom stereocenters. The molecule has 0 fully saturated rings. The number of nitrogens with zero attached hydrogens (tertiary/aromatic N) is 1. The number of benzene rings is 2. The topological polar surface area (TPSA) is 95.3 Å². The highest BCUT2D eigenvalue weighted by molar-refractivity contribution is 5.92. The molecule has 0 saturated carbocycles. The van der Waals surface area contributed by atoms with Gasteiger partial charge in [-0.1, -0.05) is 12.1 Å². The van der Waals surface area contributed by atoms with Crippen molar-refractivity contribution in [3.8, 4) is 0 Å². The van der Waals surface area contributed by atoms with Crippen molar-refractivity contribution >= 4 is 22.8 Å². The number of aromatic amines is 1. The van der Waals surface area contributed by atoms with E-state index in [9.17, 15) is 9.18 Å². The number of aliphatic imine (C=N–C) groups is 1. The van der Waals surface area contributed by atoms with E-state index in [1.807, 2.05) is 18.3 Å². The number of guanidine groups is 1. The predicted molar refractivity (Wildman–Crippen MR) is 105 cm³/mol. The van der Waals surface area contributed by atoms with Crippen molar-refractivity contribution in [2.45, 2.75) is 13.0 Å². The van der Waals surface area contributed by atoms with Crippen LogP contribution in [0.3, 0.4) is 0 Å². The third-order valence-electron chi connectivity index (χ3n) is 4.34. The predicted octanol–water partition coefficient (Wildman–Crippen LogP) is 2.31. The maximum atomic E-state index is 13.4. The Morgan fingerprint density at radius 2 is 1.96 bits per heavy atom. The first-order valence-electron chi connectivity index (χ1n) is 8.65. The van der Waals surface area contributed by atoms with Gasteiger partial charge in [-0.25, -0.2) is 4.39 Å². The standard InChI is InChI=1S/C20H22FN5O/c1-23-20(26-11-13-2-4-14(5-3-13)19(22)27)24-9-8-15-12-25-18-7-6-16(21)10-17(15)18/h2-7,10,12,25H,8-9,11H2,1H3,(H2,22,27)(H2,23,24,26). The molecule has 0 aliphatic heterocycles. The number of carbonyl (C=O) groups excluding carboxylic acids is 1. The summed E-state index contributed by atoms with van der Waals surface area (Å²) in [6, 6.07) is 11.8. The number of amides is 1. The minimum Gasteiger partial charge on any atom is -0.366 e. The number of carbonyl (C=O) groups is 1. The van der Waals surface area contributed by atoms with Crippen LogP contribution in [0.2, 0.25) is 0 Å². The van der Waals surface area contributed by atoms with E-state index in [1.54, 1.807) is 31.3 Å². The number of hydrogen-bond donors (Lipinski definition) is 4. The van der Waals surface area contributed by atoms with Crippen molar-refractivity contribution in [2.24, 2.45) is 10.7 Å². The Morgan fingerprint density at radius 1 is 1.19 bits per heavy atom. The number of fused-ring (bicyclic) bond motifs is 1. The third-order valence-corrected chi connectivity index (χ3v) is 4.34. The molecule has 3 aromatic rings. The van der Waals surface area contributed by atoms with Crippen molar-refractivity contribution in [1.82, 2.24) is 15.6 Å². The van der Waals surface area contributed by atoms with Crippen molar-refractivity contribution < 1.29 is 9.18 Å². The molecular weight excluding hydrogens is 345 g/mol. The first-order valence-corrected chi connectivity index (χ1v) is 8.65. The summed E-state index contributed by atoms with van der Waals surface area (Å²) in [5, 5.41) is 7.36. The lowest BCUT2D eigenvalue weighted by atomic mass is 10.1. The van der Waals surface area contributed by atoms with Crippen LogP contribution >= 0.6 is 0 Å². The lowest BCUT2D eigenvalue weighted by Crippen LogP contribution is -2.37. The quantitative estimate of drug-likeness (QED) is 0.398. The van der Waals surface area contributed by atoms with E-state index in [0.29, 0.717) is 24.6 Å². The van der Waals surface area contributed by atoms with E-state index in [4.69, 9.17) is 5.73 Å². The highest BCUT2D eigenvalue weighted by atomic mass is 19.1. The van der Waals surface area contributed by atoms with Crippen LogP contribution in [0.1, 0.15) is 21.5 Å². The van der Waals surface area contributed by atoms with E-state index in [0.717, 1.165) is 28.5 Å². The summed E-state index contributed by atoms with van der Waals surface area (Å²) in [5.74, 6) is -0.0136. The Balaban J connectivity index is 1.51. The maximum Gasteiger partial charge on any atom is 0.248 e. The zero-order valence-corrected chi connectivity index (χ0v) is 15.1. The summed E-state index contributed by atoms with van der Waals surface area (Å²) in [7, 11) is 1.70. The number of nitrogens with two attached hydrogens (primary N) is 1. The Labute approximate surface area is 156 Å². The molecule has 0 spiro atoms. The van der Waals surface area contributed by atoms with Gasteiger partial charge in [-0.15, -0.1) is 0 Å². The van der Waals surface area contributed by atoms with Gasteiger partial charge in [0.15, 0.2) is 5.96 Å². The molecule has 0 bridgehead atoms. The van der Waals surface area contributed by atoms with E-state index < -0.39 is 5.91 Å². The van der Waals surface area contributed by atoms with Gasteiger partial charge in [0.1, 0.15) is 5.82 Å². The Hall–Kier alpha value is -3.35. The molecule has 1 aromatic heterocycles. The highest BCUT2D eigenvalue weighted by Crippen LogP contribution is 2.19. The Bertz CT molecular complexity index is 962. The van der Waals surface area contributed by atoms with Crippen molar-refractivity contribution in [3.63, 3.8) is 0 Å². The van der Waals surface area contributed by atoms with E-state index in [1.165, 1.54) is 6.07 Å². The Kier molecular flexibility index (Phi) is 5.71. The molecule has 140 valence electrons. The Morgan fingerprint density at radius 3 is 2.67 bits per heavy atom. The van der Waals surface area contributed by atoms with Crippen LogP contribution in [0.5, 0.6) is 0 Å². The second-order valence-corrected chi connectivity index (χ2v) is 6.17. The molecule has 27 heavy (non-hydrogen) atoms. The molecule has 1 amide bonds. The van der Waals surface area contributed by atoms with Gasteiger partial charge >= 0.3 is 0 Å².